The predicted octanol–water partition coefficient (Wildman–Crippen LogP) is 0.381. The first kappa shape index (κ1) is 7.69. The molecule has 3 heteroatoms. The summed E-state index contributed by atoms with van der Waals surface area (Å²) in [6.45, 7) is 2.21. The summed E-state index contributed by atoms with van der Waals surface area (Å²) in [6, 6.07) is 0. The van der Waals surface area contributed by atoms with Crippen LogP contribution >= 0.6 is 0 Å². The molecule has 1 unspecified atom stereocenters. The van der Waals surface area contributed by atoms with E-state index in [0.29, 0.717) is 25.7 Å². The Morgan fingerprint density at radius 2 is 2.50 bits per heavy atom. The highest BCUT2D eigenvalue weighted by molar-refractivity contribution is 5.48. The molecule has 1 rings (SSSR count). The van der Waals surface area contributed by atoms with Crippen molar-refractivity contribution in [2.24, 2.45) is 0 Å². The number of hydrogen-bond donors (Lipinski definition) is 0. The highest BCUT2D eigenvalue weighted by atomic mass is 16.6. The molecule has 1 heterocycles. The van der Waals surface area contributed by atoms with Crippen molar-refractivity contribution < 1.29 is 14.3 Å². The molecule has 0 amide bonds. The Labute approximate surface area is 60.3 Å². The molecule has 58 valence electrons. The number of carbonyl (C=O) groups excluding carboxylic acids is 1. The lowest BCUT2D eigenvalue weighted by Gasteiger charge is -1.97. The van der Waals surface area contributed by atoms with Crippen molar-refractivity contribution in [2.75, 3.05) is 19.8 Å². The van der Waals surface area contributed by atoms with Crippen LogP contribution < -0.4 is 0 Å². The van der Waals surface area contributed by atoms with E-state index in [0.717, 1.165) is 19.3 Å². The van der Waals surface area contributed by atoms with Crippen molar-refractivity contribution >= 4 is 6.29 Å². The first-order valence-corrected chi connectivity index (χ1v) is 3.56. The predicted molar refractivity (Wildman–Crippen MR) is 35.9 cm³/mol. The summed E-state index contributed by atoms with van der Waals surface area (Å²) >= 11 is 0. The number of carbonyl (C=O) groups is 1. The van der Waals surface area contributed by atoms with Gasteiger partial charge in [-0.25, -0.2) is 0 Å². The summed E-state index contributed by atoms with van der Waals surface area (Å²) < 4.78 is 10.1. The average Bonchev–Trinajstić information content (AvgIpc) is 2.71. The number of unbranched alkanes of at least 4 members (excludes halogenated alkanes) is 1. The highest BCUT2D eigenvalue weighted by Gasteiger charge is 2.21. The van der Waals surface area contributed by atoms with Crippen LogP contribution in [0.1, 0.15) is 12.8 Å². The molecule has 0 aromatic heterocycles. The van der Waals surface area contributed by atoms with E-state index in [4.69, 9.17) is 9.47 Å². The van der Waals surface area contributed by atoms with Crippen molar-refractivity contribution in [3.63, 3.8) is 0 Å². The first-order chi connectivity index (χ1) is 4.93. The van der Waals surface area contributed by atoms with Gasteiger partial charge in [0.15, 0.2) is 0 Å². The van der Waals surface area contributed by atoms with Gasteiger partial charge in [-0.2, -0.15) is 0 Å². The van der Waals surface area contributed by atoms with Gasteiger partial charge in [0.1, 0.15) is 12.4 Å². The number of ether oxygens (including phenoxy) is 2. The van der Waals surface area contributed by atoms with Gasteiger partial charge in [0, 0.05) is 13.0 Å². The third-order valence-corrected chi connectivity index (χ3v) is 1.32. The Morgan fingerprint density at radius 3 is 3.10 bits per heavy atom. The lowest BCUT2D eigenvalue weighted by molar-refractivity contribution is -0.108. The van der Waals surface area contributed by atoms with Gasteiger partial charge in [-0.3, -0.25) is 0 Å². The van der Waals surface area contributed by atoms with Gasteiger partial charge in [0.2, 0.25) is 0 Å². The van der Waals surface area contributed by atoms with E-state index in [1.54, 1.807) is 0 Å². The molecule has 1 fully saturated rings. The van der Waals surface area contributed by atoms with Gasteiger partial charge >= 0.3 is 0 Å². The molecule has 0 N–H and O–H groups in total. The molecule has 0 bridgehead atoms. The smallest absolute Gasteiger partial charge is 0.120 e. The van der Waals surface area contributed by atoms with Crippen LogP contribution in [0.15, 0.2) is 0 Å². The summed E-state index contributed by atoms with van der Waals surface area (Å²) in [5.74, 6) is 0. The maximum Gasteiger partial charge on any atom is 0.120 e. The van der Waals surface area contributed by atoms with E-state index >= 15 is 0 Å². The van der Waals surface area contributed by atoms with E-state index in [-0.39, 0.29) is 0 Å². The number of aldehydes is 1. The third-order valence-electron chi connectivity index (χ3n) is 1.32. The molecule has 0 radical (unpaired) electrons. The van der Waals surface area contributed by atoms with Gasteiger partial charge in [0.05, 0.1) is 13.2 Å². The van der Waals surface area contributed by atoms with Crippen molar-refractivity contribution in [3.05, 3.63) is 0 Å². The van der Waals surface area contributed by atoms with Crippen LogP contribution in [0, 0.1) is 0 Å². The Bertz CT molecular complexity index is 99.0. The summed E-state index contributed by atoms with van der Waals surface area (Å²) in [5.41, 5.74) is 0. The standard InChI is InChI=1S/C7H12O3/c8-3-1-2-4-9-5-7-6-10-7/h3,7H,1-2,4-6H2. The Morgan fingerprint density at radius 1 is 1.70 bits per heavy atom. The molecular weight excluding hydrogens is 132 g/mol. The van der Waals surface area contributed by atoms with Crippen molar-refractivity contribution in [2.45, 2.75) is 18.9 Å². The molecular formula is C7H12O3. The molecule has 0 aromatic carbocycles. The van der Waals surface area contributed by atoms with Crippen molar-refractivity contribution in [1.29, 1.82) is 0 Å². The van der Waals surface area contributed by atoms with Crippen LogP contribution in [0.2, 0.25) is 0 Å². The minimum absolute atomic E-state index is 0.344. The maximum atomic E-state index is 9.83. The van der Waals surface area contributed by atoms with Crippen LogP contribution in [-0.4, -0.2) is 32.2 Å². The Hall–Kier alpha value is -0.410. The van der Waals surface area contributed by atoms with Crippen LogP contribution in [0.3, 0.4) is 0 Å². The summed E-state index contributed by atoms with van der Waals surface area (Å²) in [7, 11) is 0. The second kappa shape index (κ2) is 4.41. The number of epoxide rings is 1. The largest absolute Gasteiger partial charge is 0.379 e. The van der Waals surface area contributed by atoms with Gasteiger partial charge in [-0.05, 0) is 6.42 Å². The van der Waals surface area contributed by atoms with E-state index in [2.05, 4.69) is 0 Å². The molecule has 0 spiro atoms. The molecule has 1 atom stereocenters. The highest BCUT2D eigenvalue weighted by Crippen LogP contribution is 2.08. The van der Waals surface area contributed by atoms with E-state index < -0.39 is 0 Å². The molecule has 0 aromatic rings. The fourth-order valence-electron chi connectivity index (χ4n) is 0.648. The zero-order valence-corrected chi connectivity index (χ0v) is 5.91. The lowest BCUT2D eigenvalue weighted by Crippen LogP contribution is -2.02. The second-order valence-corrected chi connectivity index (χ2v) is 2.34. The van der Waals surface area contributed by atoms with Crippen LogP contribution in [-0.2, 0) is 14.3 Å². The molecule has 1 saturated heterocycles. The first-order valence-electron chi connectivity index (χ1n) is 3.56. The fraction of sp³-hybridized carbons (Fsp3) is 0.857. The number of hydrogen-bond acceptors (Lipinski definition) is 3. The Balaban J connectivity index is 1.72. The SMILES string of the molecule is O=CCCCOCC1CO1. The van der Waals surface area contributed by atoms with E-state index in [1.807, 2.05) is 0 Å². The van der Waals surface area contributed by atoms with Crippen molar-refractivity contribution in [3.8, 4) is 0 Å². The van der Waals surface area contributed by atoms with E-state index in [9.17, 15) is 4.79 Å². The van der Waals surface area contributed by atoms with Gasteiger partial charge < -0.3 is 14.3 Å². The van der Waals surface area contributed by atoms with Crippen molar-refractivity contribution in [1.82, 2.24) is 0 Å². The zero-order chi connectivity index (χ0) is 7.23. The van der Waals surface area contributed by atoms with Crippen LogP contribution in [0.5, 0.6) is 0 Å². The van der Waals surface area contributed by atoms with Crippen LogP contribution in [0.4, 0.5) is 0 Å². The Kier molecular flexibility index (Phi) is 3.40. The van der Waals surface area contributed by atoms with Crippen LogP contribution in [0.25, 0.3) is 0 Å². The zero-order valence-electron chi connectivity index (χ0n) is 5.91. The second-order valence-electron chi connectivity index (χ2n) is 2.34. The summed E-state index contributed by atoms with van der Waals surface area (Å²) in [6.07, 6.45) is 2.69. The molecule has 1 aliphatic heterocycles. The molecule has 0 saturated carbocycles. The summed E-state index contributed by atoms with van der Waals surface area (Å²) in [4.78, 5) is 9.83. The monoisotopic (exact) mass is 144 g/mol. The molecule has 1 aliphatic rings. The van der Waals surface area contributed by atoms with Gasteiger partial charge in [0.25, 0.3) is 0 Å². The summed E-state index contributed by atoms with van der Waals surface area (Å²) in [5, 5.41) is 0. The topological polar surface area (TPSA) is 38.8 Å². The van der Waals surface area contributed by atoms with Gasteiger partial charge in [-0.1, -0.05) is 0 Å². The molecule has 3 nitrogen and oxygen atoms in total. The minimum atomic E-state index is 0.344. The number of rotatable bonds is 6. The lowest BCUT2D eigenvalue weighted by atomic mass is 10.3. The fourth-order valence-corrected chi connectivity index (χ4v) is 0.648. The maximum absolute atomic E-state index is 9.83. The molecule has 10 heavy (non-hydrogen) atoms. The van der Waals surface area contributed by atoms with E-state index in [1.165, 1.54) is 0 Å². The minimum Gasteiger partial charge on any atom is -0.379 e. The normalized spacial score (nSPS) is 22.6. The third kappa shape index (κ3) is 3.58. The molecule has 0 aliphatic carbocycles. The van der Waals surface area contributed by atoms with Gasteiger partial charge in [-0.15, -0.1) is 0 Å². The quantitative estimate of drug-likeness (QED) is 0.307. The average molecular weight is 144 g/mol.